The maximum atomic E-state index is 13.1. The highest BCUT2D eigenvalue weighted by Crippen LogP contribution is 2.37. The number of nitrogens with zero attached hydrogens (tertiary/aromatic N) is 3. The molecule has 156 valence electrons. The summed E-state index contributed by atoms with van der Waals surface area (Å²) in [6.07, 6.45) is 1.93. The van der Waals surface area contributed by atoms with E-state index in [1.807, 2.05) is 42.5 Å². The fourth-order valence-corrected chi connectivity index (χ4v) is 5.07. The molecule has 1 N–H and O–H groups in total. The quantitative estimate of drug-likeness (QED) is 0.417. The van der Waals surface area contributed by atoms with E-state index < -0.39 is 10.0 Å². The van der Waals surface area contributed by atoms with Gasteiger partial charge in [-0.05, 0) is 60.9 Å². The number of anilines is 3. The predicted octanol–water partition coefficient (Wildman–Crippen LogP) is 5.28. The van der Waals surface area contributed by atoms with Gasteiger partial charge in [0.2, 0.25) is 0 Å². The largest absolute Gasteiger partial charge is 0.323 e. The molecule has 0 saturated heterocycles. The van der Waals surface area contributed by atoms with E-state index >= 15 is 0 Å². The zero-order valence-corrected chi connectivity index (χ0v) is 18.9. The van der Waals surface area contributed by atoms with Crippen molar-refractivity contribution in [1.29, 1.82) is 0 Å². The van der Waals surface area contributed by atoms with E-state index in [1.165, 1.54) is 5.56 Å². The Morgan fingerprint density at radius 3 is 2.32 bits per heavy atom. The maximum absolute atomic E-state index is 13.1. The second-order valence-corrected chi connectivity index (χ2v) is 9.93. The van der Waals surface area contributed by atoms with E-state index in [0.717, 1.165) is 29.5 Å². The molecule has 1 aliphatic rings. The van der Waals surface area contributed by atoms with E-state index in [1.54, 1.807) is 24.3 Å². The third-order valence-electron chi connectivity index (χ3n) is 5.27. The van der Waals surface area contributed by atoms with Crippen molar-refractivity contribution in [2.75, 3.05) is 16.2 Å². The Kier molecular flexibility index (Phi) is 5.11. The van der Waals surface area contributed by atoms with Crippen molar-refractivity contribution in [1.82, 2.24) is 9.97 Å². The topological polar surface area (TPSA) is 75.2 Å². The van der Waals surface area contributed by atoms with E-state index in [-0.39, 0.29) is 10.7 Å². The Hall–Kier alpha value is -2.97. The van der Waals surface area contributed by atoms with Gasteiger partial charge in [0.1, 0.15) is 0 Å². The third-order valence-corrected chi connectivity index (χ3v) is 7.16. The fraction of sp³-hybridized carbons (Fsp3) is 0.130. The van der Waals surface area contributed by atoms with Crippen LogP contribution in [0.25, 0.3) is 11.0 Å². The van der Waals surface area contributed by atoms with E-state index in [2.05, 4.69) is 36.6 Å². The van der Waals surface area contributed by atoms with Gasteiger partial charge in [-0.1, -0.05) is 46.3 Å². The second kappa shape index (κ2) is 7.94. The Morgan fingerprint density at radius 1 is 0.871 bits per heavy atom. The van der Waals surface area contributed by atoms with Crippen molar-refractivity contribution < 1.29 is 8.42 Å². The summed E-state index contributed by atoms with van der Waals surface area (Å²) >= 11 is 3.34. The molecule has 4 aromatic rings. The standard InChI is InChI=1S/C23H19BrN4O2S/c24-17-11-13-18(14-12-17)31(29,30)27-22-23(26-20-9-3-2-8-19(20)25-22)28-15-5-7-16-6-1-4-10-21(16)28/h1-4,6,8-14H,5,7,15H2,(H,25,27). The van der Waals surface area contributed by atoms with Gasteiger partial charge in [0, 0.05) is 16.7 Å². The van der Waals surface area contributed by atoms with Crippen LogP contribution in [0.4, 0.5) is 17.3 Å². The average molecular weight is 495 g/mol. The Morgan fingerprint density at radius 2 is 1.55 bits per heavy atom. The molecular formula is C23H19BrN4O2S. The third kappa shape index (κ3) is 3.88. The summed E-state index contributed by atoms with van der Waals surface area (Å²) in [5.41, 5.74) is 3.59. The minimum Gasteiger partial charge on any atom is -0.323 e. The number of aromatic nitrogens is 2. The Balaban J connectivity index is 1.65. The number of para-hydroxylation sites is 3. The summed E-state index contributed by atoms with van der Waals surface area (Å²) in [4.78, 5) is 11.7. The molecule has 0 bridgehead atoms. The zero-order valence-electron chi connectivity index (χ0n) is 16.5. The first kappa shape index (κ1) is 20.0. The molecule has 6 nitrogen and oxygen atoms in total. The normalized spacial score (nSPS) is 13.8. The first-order valence-electron chi connectivity index (χ1n) is 9.92. The Bertz CT molecular complexity index is 1370. The molecule has 0 amide bonds. The number of benzene rings is 3. The summed E-state index contributed by atoms with van der Waals surface area (Å²) in [7, 11) is -3.84. The van der Waals surface area contributed by atoms with Crippen molar-refractivity contribution in [3.05, 3.63) is 82.8 Å². The van der Waals surface area contributed by atoms with Crippen molar-refractivity contribution in [2.24, 2.45) is 0 Å². The average Bonchev–Trinajstić information content (AvgIpc) is 2.78. The highest BCUT2D eigenvalue weighted by Gasteiger charge is 2.25. The molecule has 0 aliphatic carbocycles. The number of fused-ring (bicyclic) bond motifs is 2. The van der Waals surface area contributed by atoms with Gasteiger partial charge in [0.25, 0.3) is 10.0 Å². The number of halogens is 1. The molecule has 0 saturated carbocycles. The van der Waals surface area contributed by atoms with Crippen molar-refractivity contribution in [3.63, 3.8) is 0 Å². The van der Waals surface area contributed by atoms with Crippen LogP contribution in [0.1, 0.15) is 12.0 Å². The molecule has 1 aromatic heterocycles. The predicted molar refractivity (Wildman–Crippen MR) is 126 cm³/mol. The first-order chi connectivity index (χ1) is 15.0. The number of hydrogen-bond donors (Lipinski definition) is 1. The molecule has 0 unspecified atom stereocenters. The van der Waals surface area contributed by atoms with Crippen LogP contribution in [0.15, 0.2) is 82.2 Å². The van der Waals surface area contributed by atoms with E-state index in [0.29, 0.717) is 16.9 Å². The molecule has 0 fully saturated rings. The minimum absolute atomic E-state index is 0.163. The van der Waals surface area contributed by atoms with Gasteiger partial charge in [0.05, 0.1) is 15.9 Å². The molecule has 0 atom stereocenters. The summed E-state index contributed by atoms with van der Waals surface area (Å²) in [6, 6.07) is 22.1. The van der Waals surface area contributed by atoms with Crippen LogP contribution in [0.3, 0.4) is 0 Å². The summed E-state index contributed by atoms with van der Waals surface area (Å²) in [6.45, 7) is 0.733. The molecule has 2 heterocycles. The molecule has 31 heavy (non-hydrogen) atoms. The van der Waals surface area contributed by atoms with Crippen LogP contribution in [-0.4, -0.2) is 24.9 Å². The van der Waals surface area contributed by atoms with E-state index in [4.69, 9.17) is 4.98 Å². The molecule has 0 spiro atoms. The van der Waals surface area contributed by atoms with Gasteiger partial charge in [-0.2, -0.15) is 0 Å². The smallest absolute Gasteiger partial charge is 0.263 e. The molecule has 1 aliphatic heterocycles. The van der Waals surface area contributed by atoms with Crippen LogP contribution in [0, 0.1) is 0 Å². The van der Waals surface area contributed by atoms with Gasteiger partial charge in [-0.3, -0.25) is 4.72 Å². The molecule has 3 aromatic carbocycles. The number of rotatable bonds is 4. The SMILES string of the molecule is O=S(=O)(Nc1nc2ccccc2nc1N1CCCc2ccccc21)c1ccc(Br)cc1. The highest BCUT2D eigenvalue weighted by molar-refractivity contribution is 9.10. The lowest BCUT2D eigenvalue weighted by atomic mass is 10.0. The highest BCUT2D eigenvalue weighted by atomic mass is 79.9. The summed E-state index contributed by atoms with van der Waals surface area (Å²) < 4.78 is 29.7. The van der Waals surface area contributed by atoms with Crippen molar-refractivity contribution in [3.8, 4) is 0 Å². The van der Waals surface area contributed by atoms with Crippen LogP contribution < -0.4 is 9.62 Å². The molecule has 5 rings (SSSR count). The molecule has 0 radical (unpaired) electrons. The first-order valence-corrected chi connectivity index (χ1v) is 12.2. The number of aryl methyl sites for hydroxylation is 1. The molecular weight excluding hydrogens is 476 g/mol. The lowest BCUT2D eigenvalue weighted by Gasteiger charge is -2.31. The monoisotopic (exact) mass is 494 g/mol. The number of sulfonamides is 1. The number of hydrogen-bond acceptors (Lipinski definition) is 5. The van der Waals surface area contributed by atoms with Crippen molar-refractivity contribution >= 4 is 54.3 Å². The zero-order chi connectivity index (χ0) is 21.4. The van der Waals surface area contributed by atoms with Crippen LogP contribution in [0.2, 0.25) is 0 Å². The van der Waals surface area contributed by atoms with Gasteiger partial charge < -0.3 is 4.90 Å². The van der Waals surface area contributed by atoms with Crippen LogP contribution in [0.5, 0.6) is 0 Å². The van der Waals surface area contributed by atoms with Gasteiger partial charge >= 0.3 is 0 Å². The summed E-state index contributed by atoms with van der Waals surface area (Å²) in [5.74, 6) is 0.727. The molecule has 8 heteroatoms. The number of nitrogens with one attached hydrogen (secondary N) is 1. The minimum atomic E-state index is -3.84. The lowest BCUT2D eigenvalue weighted by molar-refractivity contribution is 0.601. The van der Waals surface area contributed by atoms with Crippen LogP contribution in [-0.2, 0) is 16.4 Å². The van der Waals surface area contributed by atoms with Crippen molar-refractivity contribution in [2.45, 2.75) is 17.7 Å². The van der Waals surface area contributed by atoms with Gasteiger partial charge in [-0.25, -0.2) is 18.4 Å². The summed E-state index contributed by atoms with van der Waals surface area (Å²) in [5, 5.41) is 0. The van der Waals surface area contributed by atoms with E-state index in [9.17, 15) is 8.42 Å². The maximum Gasteiger partial charge on any atom is 0.263 e. The second-order valence-electron chi connectivity index (χ2n) is 7.33. The fourth-order valence-electron chi connectivity index (χ4n) is 3.80. The van der Waals surface area contributed by atoms with Gasteiger partial charge in [-0.15, -0.1) is 0 Å². The lowest BCUT2D eigenvalue weighted by Crippen LogP contribution is -2.27. The van der Waals surface area contributed by atoms with Gasteiger partial charge in [0.15, 0.2) is 11.6 Å². The Labute approximate surface area is 189 Å². The van der Waals surface area contributed by atoms with Crippen LogP contribution >= 0.6 is 15.9 Å².